The van der Waals surface area contributed by atoms with Crippen LogP contribution in [0.25, 0.3) is 0 Å². The van der Waals surface area contributed by atoms with Gasteiger partial charge in [0, 0.05) is 50.4 Å². The largest absolute Gasteiger partial charge is 0.497 e. The molecule has 3 aromatic rings. The average molecular weight is 453 g/mol. The zero-order valence-corrected chi connectivity index (χ0v) is 18.7. The Morgan fingerprint density at radius 2 is 2.06 bits per heavy atom. The lowest BCUT2D eigenvalue weighted by atomic mass is 10.2. The van der Waals surface area contributed by atoms with E-state index in [1.807, 2.05) is 6.07 Å². The first-order valence-electron chi connectivity index (χ1n) is 10.2. The number of pyridine rings is 1. The first-order chi connectivity index (χ1) is 15.6. The van der Waals surface area contributed by atoms with Gasteiger partial charge in [-0.1, -0.05) is 6.07 Å². The molecule has 9 nitrogen and oxygen atoms in total. The van der Waals surface area contributed by atoms with Crippen molar-refractivity contribution < 1.29 is 14.3 Å². The molecule has 166 valence electrons. The van der Waals surface area contributed by atoms with Gasteiger partial charge >= 0.3 is 0 Å². The number of piperazine rings is 1. The van der Waals surface area contributed by atoms with Crippen LogP contribution in [0.1, 0.15) is 20.8 Å². The Labute approximate surface area is 190 Å². The van der Waals surface area contributed by atoms with Crippen molar-refractivity contribution in [2.24, 2.45) is 0 Å². The lowest BCUT2D eigenvalue weighted by Gasteiger charge is -2.30. The molecule has 0 radical (unpaired) electrons. The fraction of sp³-hybridized carbons (Fsp3) is 0.273. The number of amides is 2. The third-order valence-corrected chi connectivity index (χ3v) is 6.05. The number of nitrogens with one attached hydrogen (secondary N) is 2. The van der Waals surface area contributed by atoms with E-state index < -0.39 is 0 Å². The third kappa shape index (κ3) is 4.71. The maximum Gasteiger partial charge on any atom is 0.275 e. The zero-order valence-electron chi connectivity index (χ0n) is 17.9. The van der Waals surface area contributed by atoms with Crippen LogP contribution in [0.2, 0.25) is 0 Å². The number of aromatic nitrogens is 2. The van der Waals surface area contributed by atoms with E-state index in [1.165, 1.54) is 16.2 Å². The monoisotopic (exact) mass is 452 g/mol. The summed E-state index contributed by atoms with van der Waals surface area (Å²) < 4.78 is 5.19. The molecule has 0 bridgehead atoms. The van der Waals surface area contributed by atoms with Crippen molar-refractivity contribution in [1.29, 1.82) is 0 Å². The van der Waals surface area contributed by atoms with Crippen molar-refractivity contribution in [3.63, 3.8) is 0 Å². The van der Waals surface area contributed by atoms with E-state index in [2.05, 4.69) is 25.5 Å². The molecule has 2 amide bonds. The van der Waals surface area contributed by atoms with Crippen LogP contribution < -0.4 is 25.2 Å². The Balaban J connectivity index is 1.48. The third-order valence-electron chi connectivity index (χ3n) is 5.14. The van der Waals surface area contributed by atoms with E-state index in [1.54, 1.807) is 56.2 Å². The normalized spacial score (nSPS) is 13.5. The van der Waals surface area contributed by atoms with Gasteiger partial charge in [0.05, 0.1) is 24.7 Å². The molecule has 32 heavy (non-hydrogen) atoms. The summed E-state index contributed by atoms with van der Waals surface area (Å²) in [6, 6.07) is 8.80. The number of thiazole rings is 1. The average Bonchev–Trinajstić information content (AvgIpc) is 3.34. The summed E-state index contributed by atoms with van der Waals surface area (Å²) in [5.74, 6) is 0.0118. The molecular formula is C22H24N6O3S. The standard InChI is InChI=1S/C22H24N6O3S/c1-27(21(30)15-4-3-5-16(12-15)31-2)22-26-18(14-32-22)20(29)25-17-13-24-7-6-19(17)28-10-8-23-9-11-28/h3-7,12-14,23H,8-11H2,1-2H3,(H,25,29). The first-order valence-corrected chi connectivity index (χ1v) is 11.0. The summed E-state index contributed by atoms with van der Waals surface area (Å²) in [5.41, 5.74) is 2.28. The summed E-state index contributed by atoms with van der Waals surface area (Å²) in [6.07, 6.45) is 3.36. The van der Waals surface area contributed by atoms with Crippen molar-refractivity contribution in [3.8, 4) is 5.75 Å². The second-order valence-corrected chi connectivity index (χ2v) is 8.03. The van der Waals surface area contributed by atoms with Gasteiger partial charge in [-0.25, -0.2) is 4.98 Å². The second kappa shape index (κ2) is 9.75. The molecule has 4 rings (SSSR count). The predicted octanol–water partition coefficient (Wildman–Crippen LogP) is 2.49. The minimum Gasteiger partial charge on any atom is -0.497 e. The highest BCUT2D eigenvalue weighted by Crippen LogP contribution is 2.27. The molecule has 1 aliphatic rings. The first kappa shape index (κ1) is 21.7. The molecule has 1 saturated heterocycles. The van der Waals surface area contributed by atoms with Gasteiger partial charge in [-0.15, -0.1) is 11.3 Å². The minimum absolute atomic E-state index is 0.238. The lowest BCUT2D eigenvalue weighted by Crippen LogP contribution is -2.43. The maximum absolute atomic E-state index is 12.9. The van der Waals surface area contributed by atoms with Crippen molar-refractivity contribution in [2.75, 3.05) is 55.5 Å². The Morgan fingerprint density at radius 3 is 2.84 bits per heavy atom. The summed E-state index contributed by atoms with van der Waals surface area (Å²) in [5, 5.41) is 8.30. The number of ether oxygens (including phenoxy) is 1. The summed E-state index contributed by atoms with van der Waals surface area (Å²) in [4.78, 5) is 37.8. The fourth-order valence-corrected chi connectivity index (χ4v) is 4.18. The maximum atomic E-state index is 12.9. The van der Waals surface area contributed by atoms with Crippen LogP contribution in [0.15, 0.2) is 48.1 Å². The van der Waals surface area contributed by atoms with Crippen LogP contribution >= 0.6 is 11.3 Å². The van der Waals surface area contributed by atoms with Gasteiger partial charge in [0.15, 0.2) is 5.13 Å². The van der Waals surface area contributed by atoms with Crippen molar-refractivity contribution in [1.82, 2.24) is 15.3 Å². The molecule has 0 saturated carbocycles. The van der Waals surface area contributed by atoms with Crippen molar-refractivity contribution >= 4 is 39.7 Å². The van der Waals surface area contributed by atoms with Crippen LogP contribution in [0, 0.1) is 0 Å². The van der Waals surface area contributed by atoms with Crippen LogP contribution in [-0.2, 0) is 0 Å². The summed E-state index contributed by atoms with van der Waals surface area (Å²) in [7, 11) is 3.18. The van der Waals surface area contributed by atoms with E-state index in [9.17, 15) is 9.59 Å². The van der Waals surface area contributed by atoms with E-state index in [4.69, 9.17) is 4.74 Å². The number of methoxy groups -OCH3 is 1. The number of hydrogen-bond acceptors (Lipinski definition) is 8. The summed E-state index contributed by atoms with van der Waals surface area (Å²) in [6.45, 7) is 3.48. The van der Waals surface area contributed by atoms with Crippen molar-refractivity contribution in [3.05, 3.63) is 59.4 Å². The molecule has 2 aromatic heterocycles. The second-order valence-electron chi connectivity index (χ2n) is 7.20. The van der Waals surface area contributed by atoms with E-state index >= 15 is 0 Å². The Hall–Kier alpha value is -3.50. The Morgan fingerprint density at radius 1 is 1.25 bits per heavy atom. The number of benzene rings is 1. The fourth-order valence-electron chi connectivity index (χ4n) is 3.41. The number of hydrogen-bond donors (Lipinski definition) is 2. The van der Waals surface area contributed by atoms with Crippen LogP contribution in [-0.4, -0.2) is 62.1 Å². The van der Waals surface area contributed by atoms with Gasteiger partial charge in [0.1, 0.15) is 11.4 Å². The molecule has 1 aromatic carbocycles. The van der Waals surface area contributed by atoms with Crippen LogP contribution in [0.3, 0.4) is 0 Å². The number of anilines is 3. The molecule has 0 aliphatic carbocycles. The number of rotatable bonds is 6. The highest BCUT2D eigenvalue weighted by molar-refractivity contribution is 7.14. The Kier molecular flexibility index (Phi) is 6.62. The van der Waals surface area contributed by atoms with Crippen LogP contribution in [0.5, 0.6) is 5.75 Å². The van der Waals surface area contributed by atoms with Gasteiger partial charge in [-0.05, 0) is 24.3 Å². The highest BCUT2D eigenvalue weighted by atomic mass is 32.1. The molecule has 1 fully saturated rings. The summed E-state index contributed by atoms with van der Waals surface area (Å²) >= 11 is 1.23. The smallest absolute Gasteiger partial charge is 0.275 e. The topological polar surface area (TPSA) is 99.7 Å². The van der Waals surface area contributed by atoms with Gasteiger partial charge in [0.25, 0.3) is 11.8 Å². The van der Waals surface area contributed by atoms with E-state index in [0.717, 1.165) is 31.9 Å². The van der Waals surface area contributed by atoms with E-state index in [-0.39, 0.29) is 17.5 Å². The van der Waals surface area contributed by atoms with Gasteiger partial charge < -0.3 is 20.3 Å². The van der Waals surface area contributed by atoms with Gasteiger partial charge in [-0.2, -0.15) is 0 Å². The predicted molar refractivity (Wildman–Crippen MR) is 125 cm³/mol. The zero-order chi connectivity index (χ0) is 22.5. The van der Waals surface area contributed by atoms with E-state index in [0.29, 0.717) is 22.1 Å². The molecule has 2 N–H and O–H groups in total. The molecule has 10 heteroatoms. The quantitative estimate of drug-likeness (QED) is 0.593. The highest BCUT2D eigenvalue weighted by Gasteiger charge is 2.21. The number of carbonyl (C=O) groups is 2. The molecule has 0 unspecified atom stereocenters. The number of nitrogens with zero attached hydrogens (tertiary/aromatic N) is 4. The SMILES string of the molecule is COc1cccc(C(=O)N(C)c2nc(C(=O)Nc3cnccc3N3CCNCC3)cs2)c1. The van der Waals surface area contributed by atoms with Gasteiger partial charge in [0.2, 0.25) is 0 Å². The molecule has 0 atom stereocenters. The molecule has 3 heterocycles. The van der Waals surface area contributed by atoms with Crippen LogP contribution in [0.4, 0.5) is 16.5 Å². The molecular weight excluding hydrogens is 428 g/mol. The molecule has 0 spiro atoms. The number of carbonyl (C=O) groups excluding carboxylic acids is 2. The Bertz CT molecular complexity index is 1110. The minimum atomic E-state index is -0.348. The van der Waals surface area contributed by atoms with Crippen molar-refractivity contribution in [2.45, 2.75) is 0 Å². The lowest BCUT2D eigenvalue weighted by molar-refractivity contribution is 0.0988. The van der Waals surface area contributed by atoms with Gasteiger partial charge in [-0.3, -0.25) is 19.5 Å². The molecule has 1 aliphatic heterocycles.